The summed E-state index contributed by atoms with van der Waals surface area (Å²) in [5.74, 6) is -0.596. The first-order valence-corrected chi connectivity index (χ1v) is 10.0. The van der Waals surface area contributed by atoms with Gasteiger partial charge in [0, 0.05) is 11.2 Å². The van der Waals surface area contributed by atoms with Crippen LogP contribution in [0.4, 0.5) is 4.79 Å². The number of fused-ring (bicyclic) bond motifs is 1. The molecule has 3 amide bonds. The second-order valence-corrected chi connectivity index (χ2v) is 8.29. The Morgan fingerprint density at radius 3 is 2.48 bits per heavy atom. The highest BCUT2D eigenvalue weighted by Gasteiger charge is 2.17. The molecule has 0 saturated heterocycles. The van der Waals surface area contributed by atoms with Crippen LogP contribution in [0.25, 0.3) is 10.1 Å². The molecular formula is C17H15N3O5S2. The minimum Gasteiger partial charge on any atom is -0.333 e. The van der Waals surface area contributed by atoms with Crippen molar-refractivity contribution in [2.24, 2.45) is 0 Å². The highest BCUT2D eigenvalue weighted by Crippen LogP contribution is 2.26. The maximum atomic E-state index is 12.1. The Bertz CT molecular complexity index is 1090. The fraction of sp³-hybridized carbons (Fsp3) is 0.0588. The summed E-state index contributed by atoms with van der Waals surface area (Å²) in [6.07, 6.45) is 0. The van der Waals surface area contributed by atoms with E-state index < -0.39 is 22.0 Å². The molecule has 3 aromatic rings. The number of hydroxylamine groups is 1. The predicted molar refractivity (Wildman–Crippen MR) is 100 cm³/mol. The smallest absolute Gasteiger partial charge is 0.328 e. The van der Waals surface area contributed by atoms with Gasteiger partial charge in [-0.15, -0.1) is 11.3 Å². The van der Waals surface area contributed by atoms with E-state index in [4.69, 9.17) is 5.21 Å². The maximum Gasteiger partial charge on any atom is 0.328 e. The lowest BCUT2D eigenvalue weighted by atomic mass is 10.1. The van der Waals surface area contributed by atoms with Gasteiger partial charge in [-0.1, -0.05) is 24.3 Å². The lowest BCUT2D eigenvalue weighted by Crippen LogP contribution is -2.38. The molecule has 2 aromatic carbocycles. The summed E-state index contributed by atoms with van der Waals surface area (Å²) in [6.45, 7) is 0.101. The molecule has 8 nitrogen and oxygen atoms in total. The molecule has 27 heavy (non-hydrogen) atoms. The predicted octanol–water partition coefficient (Wildman–Crippen LogP) is 2.21. The Hall–Kier alpha value is -2.95. The molecule has 4 N–H and O–H groups in total. The zero-order valence-electron chi connectivity index (χ0n) is 13.8. The van der Waals surface area contributed by atoms with Crippen LogP contribution < -0.4 is 15.5 Å². The summed E-state index contributed by atoms with van der Waals surface area (Å²) < 4.78 is 27.0. The molecule has 0 aliphatic heterocycles. The number of hydrogen-bond donors (Lipinski definition) is 4. The standard InChI is InChI=1S/C17H15N3O5S2/c21-16(19-23)15-9-12-8-11(6-7-14(12)26-15)10-18-17(22)20-27(24,25)13-4-2-1-3-5-13/h1-9,23H,10H2,(H,19,21)(H2,18,20,22). The third kappa shape index (κ3) is 4.42. The van der Waals surface area contributed by atoms with Crippen LogP contribution in [0.5, 0.6) is 0 Å². The first-order chi connectivity index (χ1) is 12.9. The Labute approximate surface area is 158 Å². The SMILES string of the molecule is O=C(NCc1ccc2sc(C(=O)NO)cc2c1)NS(=O)(=O)c1ccccc1. The molecule has 0 aliphatic carbocycles. The molecule has 1 heterocycles. The van der Waals surface area contributed by atoms with Crippen molar-refractivity contribution >= 4 is 43.4 Å². The van der Waals surface area contributed by atoms with Gasteiger partial charge in [0.05, 0.1) is 9.77 Å². The normalized spacial score (nSPS) is 11.1. The minimum absolute atomic E-state index is 0.00506. The van der Waals surface area contributed by atoms with Crippen molar-refractivity contribution in [1.82, 2.24) is 15.5 Å². The van der Waals surface area contributed by atoms with Crippen LogP contribution in [0.1, 0.15) is 15.2 Å². The number of urea groups is 1. The third-order valence-electron chi connectivity index (χ3n) is 3.64. The highest BCUT2D eigenvalue weighted by atomic mass is 32.2. The first kappa shape index (κ1) is 18.8. The molecule has 0 spiro atoms. The van der Waals surface area contributed by atoms with Gasteiger partial charge in [0.2, 0.25) is 0 Å². The lowest BCUT2D eigenvalue weighted by Gasteiger charge is -2.08. The lowest BCUT2D eigenvalue weighted by molar-refractivity contribution is 0.0711. The first-order valence-electron chi connectivity index (χ1n) is 7.71. The summed E-state index contributed by atoms with van der Waals surface area (Å²) in [5.41, 5.74) is 2.31. The molecule has 0 radical (unpaired) electrons. The number of carbonyl (C=O) groups is 2. The van der Waals surface area contributed by atoms with Gasteiger partial charge >= 0.3 is 6.03 Å². The van der Waals surface area contributed by atoms with Gasteiger partial charge in [-0.2, -0.15) is 0 Å². The van der Waals surface area contributed by atoms with E-state index in [-0.39, 0.29) is 11.4 Å². The van der Waals surface area contributed by atoms with Crippen molar-refractivity contribution in [2.75, 3.05) is 0 Å². The van der Waals surface area contributed by atoms with Gasteiger partial charge in [-0.3, -0.25) is 10.0 Å². The van der Waals surface area contributed by atoms with Crippen molar-refractivity contribution in [2.45, 2.75) is 11.4 Å². The summed E-state index contributed by atoms with van der Waals surface area (Å²) in [4.78, 5) is 23.7. The number of sulfonamides is 1. The largest absolute Gasteiger partial charge is 0.333 e. The topological polar surface area (TPSA) is 125 Å². The quantitative estimate of drug-likeness (QED) is 0.383. The molecule has 0 atom stereocenters. The number of rotatable bonds is 5. The van der Waals surface area contributed by atoms with Crippen molar-refractivity contribution in [3.63, 3.8) is 0 Å². The van der Waals surface area contributed by atoms with Crippen LogP contribution in [0.3, 0.4) is 0 Å². The molecule has 140 valence electrons. The van der Waals surface area contributed by atoms with Crippen molar-refractivity contribution in [3.05, 3.63) is 65.0 Å². The zero-order valence-corrected chi connectivity index (χ0v) is 15.4. The maximum absolute atomic E-state index is 12.1. The monoisotopic (exact) mass is 405 g/mol. The van der Waals surface area contributed by atoms with Gasteiger partial charge in [-0.25, -0.2) is 23.4 Å². The Morgan fingerprint density at radius 1 is 1.04 bits per heavy atom. The summed E-state index contributed by atoms with van der Waals surface area (Å²) in [5, 5.41) is 12.0. The molecule has 3 rings (SSSR count). The fourth-order valence-corrected chi connectivity index (χ4v) is 4.25. The second kappa shape index (κ2) is 7.74. The molecule has 0 aliphatic rings. The van der Waals surface area contributed by atoms with Gasteiger partial charge < -0.3 is 5.32 Å². The molecule has 1 aromatic heterocycles. The van der Waals surface area contributed by atoms with Gasteiger partial charge in [0.25, 0.3) is 15.9 Å². The number of benzene rings is 2. The average Bonchev–Trinajstić information content (AvgIpc) is 3.09. The van der Waals surface area contributed by atoms with Crippen LogP contribution in [0, 0.1) is 0 Å². The number of hydrogen-bond acceptors (Lipinski definition) is 6. The average molecular weight is 405 g/mol. The van der Waals surface area contributed by atoms with Crippen LogP contribution in [-0.4, -0.2) is 25.6 Å². The molecule has 0 bridgehead atoms. The molecule has 10 heteroatoms. The van der Waals surface area contributed by atoms with Crippen LogP contribution in [0.2, 0.25) is 0 Å². The van der Waals surface area contributed by atoms with Gasteiger partial charge in [-0.05, 0) is 41.3 Å². The van der Waals surface area contributed by atoms with Crippen molar-refractivity contribution in [1.29, 1.82) is 0 Å². The van der Waals surface area contributed by atoms with E-state index in [1.165, 1.54) is 23.5 Å². The summed E-state index contributed by atoms with van der Waals surface area (Å²) in [7, 11) is -3.94. The van der Waals surface area contributed by atoms with E-state index in [2.05, 4.69) is 5.32 Å². The molecular weight excluding hydrogens is 390 g/mol. The highest BCUT2D eigenvalue weighted by molar-refractivity contribution is 7.90. The number of nitrogens with one attached hydrogen (secondary N) is 3. The molecule has 0 saturated carbocycles. The Kier molecular flexibility index (Phi) is 5.40. The van der Waals surface area contributed by atoms with Crippen molar-refractivity contribution < 1.29 is 23.2 Å². The zero-order chi connectivity index (χ0) is 19.4. The van der Waals surface area contributed by atoms with Gasteiger partial charge in [0.15, 0.2) is 0 Å². The van der Waals surface area contributed by atoms with Crippen molar-refractivity contribution in [3.8, 4) is 0 Å². The van der Waals surface area contributed by atoms with E-state index in [0.717, 1.165) is 15.6 Å². The van der Waals surface area contributed by atoms with Crippen LogP contribution >= 0.6 is 11.3 Å². The number of carbonyl (C=O) groups excluding carboxylic acids is 2. The van der Waals surface area contributed by atoms with E-state index >= 15 is 0 Å². The Morgan fingerprint density at radius 2 is 1.78 bits per heavy atom. The van der Waals surface area contributed by atoms with Crippen LogP contribution in [-0.2, 0) is 16.6 Å². The second-order valence-electron chi connectivity index (χ2n) is 5.52. The minimum atomic E-state index is -3.94. The summed E-state index contributed by atoms with van der Waals surface area (Å²) in [6, 6.07) is 13.7. The summed E-state index contributed by atoms with van der Waals surface area (Å²) >= 11 is 1.22. The van der Waals surface area contributed by atoms with E-state index in [1.807, 2.05) is 4.72 Å². The molecule has 0 fully saturated rings. The number of amides is 3. The van der Waals surface area contributed by atoms with Crippen LogP contribution in [0.15, 0.2) is 59.5 Å². The van der Waals surface area contributed by atoms with Gasteiger partial charge in [0.1, 0.15) is 0 Å². The third-order valence-corrected chi connectivity index (χ3v) is 6.10. The van der Waals surface area contributed by atoms with E-state index in [9.17, 15) is 18.0 Å². The van der Waals surface area contributed by atoms with E-state index in [0.29, 0.717) is 4.88 Å². The van der Waals surface area contributed by atoms with E-state index in [1.54, 1.807) is 47.9 Å². The fourth-order valence-electron chi connectivity index (χ4n) is 2.37. The molecule has 0 unspecified atom stereocenters. The Balaban J connectivity index is 1.65. The number of thiophene rings is 1.